The van der Waals surface area contributed by atoms with Gasteiger partial charge in [-0.2, -0.15) is 0 Å². The predicted molar refractivity (Wildman–Crippen MR) is 78.3 cm³/mol. The van der Waals surface area contributed by atoms with Gasteiger partial charge in [-0.25, -0.2) is 9.18 Å². The van der Waals surface area contributed by atoms with Gasteiger partial charge >= 0.3 is 6.03 Å². The second kappa shape index (κ2) is 6.70. The first-order valence-electron chi connectivity index (χ1n) is 7.07. The molecular weight excluding hydrogens is 257 g/mol. The molecule has 1 saturated carbocycles. The van der Waals surface area contributed by atoms with Gasteiger partial charge in [-0.3, -0.25) is 0 Å². The minimum atomic E-state index is -0.347. The van der Waals surface area contributed by atoms with Crippen LogP contribution in [0.2, 0.25) is 0 Å². The molecule has 1 aromatic carbocycles. The van der Waals surface area contributed by atoms with Crippen LogP contribution in [0.25, 0.3) is 0 Å². The summed E-state index contributed by atoms with van der Waals surface area (Å²) in [6.07, 6.45) is 4.16. The lowest BCUT2D eigenvalue weighted by atomic mass is 9.90. The number of rotatable bonds is 3. The van der Waals surface area contributed by atoms with Gasteiger partial charge in [-0.1, -0.05) is 6.07 Å². The van der Waals surface area contributed by atoms with Crippen LogP contribution in [0.4, 0.5) is 14.9 Å². The molecule has 2 N–H and O–H groups in total. The standard InChI is InChI=1S/C15H22FN3O/c1-17-12-6-8-14(9-7-12)19(2)15(20)18-13-5-3-4-11(16)10-13/h3-5,10,12,14,17H,6-9H2,1-2H3,(H,18,20). The Kier molecular flexibility index (Phi) is 4.95. The predicted octanol–water partition coefficient (Wildman–Crippen LogP) is 2.82. The molecule has 0 aromatic heterocycles. The molecule has 4 nitrogen and oxygen atoms in total. The van der Waals surface area contributed by atoms with E-state index in [-0.39, 0.29) is 17.9 Å². The number of amides is 2. The minimum Gasteiger partial charge on any atom is -0.325 e. The second-order valence-corrected chi connectivity index (χ2v) is 5.35. The quantitative estimate of drug-likeness (QED) is 0.893. The van der Waals surface area contributed by atoms with Crippen molar-refractivity contribution in [3.05, 3.63) is 30.1 Å². The van der Waals surface area contributed by atoms with E-state index in [4.69, 9.17) is 0 Å². The van der Waals surface area contributed by atoms with E-state index in [0.29, 0.717) is 11.7 Å². The highest BCUT2D eigenvalue weighted by molar-refractivity contribution is 5.89. The SMILES string of the molecule is CNC1CCC(N(C)C(=O)Nc2cccc(F)c2)CC1. The Morgan fingerprint density at radius 3 is 2.60 bits per heavy atom. The van der Waals surface area contributed by atoms with E-state index in [9.17, 15) is 9.18 Å². The molecule has 110 valence electrons. The second-order valence-electron chi connectivity index (χ2n) is 5.35. The van der Waals surface area contributed by atoms with E-state index in [1.165, 1.54) is 12.1 Å². The molecule has 0 radical (unpaired) electrons. The van der Waals surface area contributed by atoms with E-state index >= 15 is 0 Å². The maximum Gasteiger partial charge on any atom is 0.321 e. The Hall–Kier alpha value is -1.62. The molecule has 0 aliphatic heterocycles. The zero-order valence-corrected chi connectivity index (χ0v) is 12.0. The molecule has 2 rings (SSSR count). The summed E-state index contributed by atoms with van der Waals surface area (Å²) in [7, 11) is 3.78. The van der Waals surface area contributed by atoms with Crippen LogP contribution in [0.15, 0.2) is 24.3 Å². The number of anilines is 1. The van der Waals surface area contributed by atoms with Gasteiger partial charge in [0.1, 0.15) is 5.82 Å². The molecule has 0 bridgehead atoms. The smallest absolute Gasteiger partial charge is 0.321 e. The summed E-state index contributed by atoms with van der Waals surface area (Å²) in [5.74, 6) is -0.347. The molecule has 2 amide bonds. The van der Waals surface area contributed by atoms with Gasteiger partial charge in [0, 0.05) is 24.8 Å². The molecular formula is C15H22FN3O. The van der Waals surface area contributed by atoms with Crippen molar-refractivity contribution in [3.8, 4) is 0 Å². The van der Waals surface area contributed by atoms with Crippen LogP contribution < -0.4 is 10.6 Å². The maximum absolute atomic E-state index is 13.1. The van der Waals surface area contributed by atoms with Gasteiger partial charge < -0.3 is 15.5 Å². The molecule has 0 unspecified atom stereocenters. The molecule has 0 atom stereocenters. The molecule has 5 heteroatoms. The lowest BCUT2D eigenvalue weighted by Gasteiger charge is -2.34. The first-order valence-corrected chi connectivity index (χ1v) is 7.07. The largest absolute Gasteiger partial charge is 0.325 e. The zero-order chi connectivity index (χ0) is 14.5. The summed E-state index contributed by atoms with van der Waals surface area (Å²) in [6, 6.07) is 6.60. The number of carbonyl (C=O) groups excluding carboxylic acids is 1. The van der Waals surface area contributed by atoms with E-state index in [1.54, 1.807) is 24.1 Å². The van der Waals surface area contributed by atoms with E-state index in [1.807, 2.05) is 7.05 Å². The van der Waals surface area contributed by atoms with Crippen LogP contribution in [-0.4, -0.2) is 37.1 Å². The monoisotopic (exact) mass is 279 g/mol. The van der Waals surface area contributed by atoms with Gasteiger partial charge in [0.15, 0.2) is 0 Å². The molecule has 1 aliphatic rings. The molecule has 0 spiro atoms. The van der Waals surface area contributed by atoms with Crippen LogP contribution in [0, 0.1) is 5.82 Å². The number of carbonyl (C=O) groups is 1. The van der Waals surface area contributed by atoms with E-state index in [0.717, 1.165) is 25.7 Å². The average molecular weight is 279 g/mol. The van der Waals surface area contributed by atoms with E-state index in [2.05, 4.69) is 10.6 Å². The first kappa shape index (κ1) is 14.8. The first-order chi connectivity index (χ1) is 9.60. The maximum atomic E-state index is 13.1. The Morgan fingerprint density at radius 1 is 1.30 bits per heavy atom. The van der Waals surface area contributed by atoms with E-state index < -0.39 is 0 Å². The third-order valence-electron chi connectivity index (χ3n) is 4.05. The van der Waals surface area contributed by atoms with Crippen LogP contribution in [-0.2, 0) is 0 Å². The fraction of sp³-hybridized carbons (Fsp3) is 0.533. The van der Waals surface area contributed by atoms with Crippen molar-refractivity contribution >= 4 is 11.7 Å². The summed E-state index contributed by atoms with van der Waals surface area (Å²) in [5, 5.41) is 6.01. The average Bonchev–Trinajstić information content (AvgIpc) is 2.46. The summed E-state index contributed by atoms with van der Waals surface area (Å²) in [4.78, 5) is 13.9. The van der Waals surface area contributed by atoms with Gasteiger partial charge in [-0.05, 0) is 50.9 Å². The highest BCUT2D eigenvalue weighted by Crippen LogP contribution is 2.22. The number of hydrogen-bond donors (Lipinski definition) is 2. The van der Waals surface area contributed by atoms with Crippen molar-refractivity contribution in [3.63, 3.8) is 0 Å². The lowest BCUT2D eigenvalue weighted by molar-refractivity contribution is 0.178. The highest BCUT2D eigenvalue weighted by Gasteiger charge is 2.25. The summed E-state index contributed by atoms with van der Waals surface area (Å²) in [5.41, 5.74) is 0.491. The molecule has 20 heavy (non-hydrogen) atoms. The summed E-state index contributed by atoms with van der Waals surface area (Å²) in [6.45, 7) is 0. The molecule has 1 aliphatic carbocycles. The van der Waals surface area contributed by atoms with Crippen molar-refractivity contribution < 1.29 is 9.18 Å². The number of halogens is 1. The topological polar surface area (TPSA) is 44.4 Å². The number of urea groups is 1. The van der Waals surface area contributed by atoms with Crippen molar-refractivity contribution in [2.75, 3.05) is 19.4 Å². The number of nitrogens with one attached hydrogen (secondary N) is 2. The Balaban J connectivity index is 1.89. The fourth-order valence-electron chi connectivity index (χ4n) is 2.70. The Labute approximate surface area is 119 Å². The summed E-state index contributed by atoms with van der Waals surface area (Å²) < 4.78 is 13.1. The number of benzene rings is 1. The Bertz CT molecular complexity index is 458. The Morgan fingerprint density at radius 2 is 2.00 bits per heavy atom. The van der Waals surface area contributed by atoms with Crippen molar-refractivity contribution in [1.82, 2.24) is 10.2 Å². The minimum absolute atomic E-state index is 0.177. The third kappa shape index (κ3) is 3.70. The van der Waals surface area contributed by atoms with Crippen LogP contribution in [0.1, 0.15) is 25.7 Å². The van der Waals surface area contributed by atoms with Gasteiger partial charge in [-0.15, -0.1) is 0 Å². The van der Waals surface area contributed by atoms with Gasteiger partial charge in [0.05, 0.1) is 0 Å². The van der Waals surface area contributed by atoms with Crippen molar-refractivity contribution in [2.24, 2.45) is 0 Å². The fourth-order valence-corrected chi connectivity index (χ4v) is 2.70. The van der Waals surface area contributed by atoms with Crippen molar-refractivity contribution in [2.45, 2.75) is 37.8 Å². The highest BCUT2D eigenvalue weighted by atomic mass is 19.1. The van der Waals surface area contributed by atoms with Crippen LogP contribution in [0.3, 0.4) is 0 Å². The normalized spacial score (nSPS) is 22.4. The number of nitrogens with zero attached hydrogens (tertiary/aromatic N) is 1. The third-order valence-corrected chi connectivity index (χ3v) is 4.05. The number of hydrogen-bond acceptors (Lipinski definition) is 2. The summed E-state index contributed by atoms with van der Waals surface area (Å²) >= 11 is 0. The lowest BCUT2D eigenvalue weighted by Crippen LogP contribution is -2.44. The van der Waals surface area contributed by atoms with Gasteiger partial charge in [0.2, 0.25) is 0 Å². The molecule has 1 aromatic rings. The van der Waals surface area contributed by atoms with Gasteiger partial charge in [0.25, 0.3) is 0 Å². The molecule has 1 fully saturated rings. The molecule has 0 heterocycles. The molecule has 0 saturated heterocycles. The van der Waals surface area contributed by atoms with Crippen molar-refractivity contribution in [1.29, 1.82) is 0 Å². The zero-order valence-electron chi connectivity index (χ0n) is 12.0. The van der Waals surface area contributed by atoms with Crippen LogP contribution >= 0.6 is 0 Å². The van der Waals surface area contributed by atoms with Crippen LogP contribution in [0.5, 0.6) is 0 Å².